The highest BCUT2D eigenvalue weighted by Crippen LogP contribution is 2.38. The van der Waals surface area contributed by atoms with Gasteiger partial charge >= 0.3 is 0 Å². The van der Waals surface area contributed by atoms with E-state index in [1.165, 1.54) is 15.6 Å². The predicted octanol–water partition coefficient (Wildman–Crippen LogP) is 2.10. The third-order valence-corrected chi connectivity index (χ3v) is 4.77. The first kappa shape index (κ1) is 15.0. The Hall–Kier alpha value is -1.95. The molecule has 2 aromatic heterocycles. The third kappa shape index (κ3) is 3.44. The topological polar surface area (TPSA) is 64.0 Å². The summed E-state index contributed by atoms with van der Waals surface area (Å²) in [6, 6.07) is 6.74. The van der Waals surface area contributed by atoms with E-state index in [-0.39, 0.29) is 11.5 Å². The molecule has 2 heterocycles. The summed E-state index contributed by atoms with van der Waals surface area (Å²) in [5.74, 6) is 0.292. The molecule has 1 amide bonds. The normalized spacial score (nSPS) is 15.5. The molecule has 2 aromatic rings. The van der Waals surface area contributed by atoms with E-state index in [0.29, 0.717) is 12.5 Å². The molecule has 1 atom stereocenters. The minimum Gasteiger partial charge on any atom is -0.354 e. The molecule has 1 fully saturated rings. The largest absolute Gasteiger partial charge is 0.354 e. The number of hydrogen-bond donors (Lipinski definition) is 1. The van der Waals surface area contributed by atoms with Gasteiger partial charge in [-0.05, 0) is 43.7 Å². The number of carbonyl (C=O) groups excluding carboxylic acids is 1. The van der Waals surface area contributed by atoms with Crippen LogP contribution in [0.4, 0.5) is 0 Å². The Morgan fingerprint density at radius 1 is 1.45 bits per heavy atom. The highest BCUT2D eigenvalue weighted by atomic mass is 32.1. The Bertz CT molecular complexity index is 704. The number of aromatic nitrogens is 2. The number of amides is 1. The minimum atomic E-state index is -0.588. The summed E-state index contributed by atoms with van der Waals surface area (Å²) in [6.07, 6.45) is 3.04. The number of nitrogens with zero attached hydrogens (tertiary/aromatic N) is 2. The molecule has 0 radical (unpaired) electrons. The molecule has 0 bridgehead atoms. The third-order valence-electron chi connectivity index (χ3n) is 3.84. The van der Waals surface area contributed by atoms with Gasteiger partial charge in [0.2, 0.25) is 5.91 Å². The molecule has 6 heteroatoms. The lowest BCUT2D eigenvalue weighted by Crippen LogP contribution is -2.37. The van der Waals surface area contributed by atoms with E-state index < -0.39 is 6.04 Å². The highest BCUT2D eigenvalue weighted by Gasteiger charge is 2.26. The Morgan fingerprint density at radius 3 is 2.95 bits per heavy atom. The minimum absolute atomic E-state index is 0.167. The summed E-state index contributed by atoms with van der Waals surface area (Å²) in [6.45, 7) is 2.28. The van der Waals surface area contributed by atoms with Crippen LogP contribution < -0.4 is 10.9 Å². The predicted molar refractivity (Wildman–Crippen MR) is 86.2 cm³/mol. The molecule has 1 saturated carbocycles. The van der Waals surface area contributed by atoms with E-state index in [1.807, 2.05) is 17.5 Å². The average Bonchev–Trinajstić information content (AvgIpc) is 3.24. The summed E-state index contributed by atoms with van der Waals surface area (Å²) in [5, 5.41) is 9.26. The molecule has 1 aliphatic rings. The number of hydrogen-bond acceptors (Lipinski definition) is 4. The lowest BCUT2D eigenvalue weighted by atomic mass is 10.2. The zero-order valence-corrected chi connectivity index (χ0v) is 13.3. The van der Waals surface area contributed by atoms with Gasteiger partial charge < -0.3 is 5.32 Å². The molecule has 116 valence electrons. The Balaban J connectivity index is 1.62. The molecule has 1 N–H and O–H groups in total. The van der Waals surface area contributed by atoms with Crippen molar-refractivity contribution in [3.05, 3.63) is 50.6 Å². The molecule has 22 heavy (non-hydrogen) atoms. The van der Waals surface area contributed by atoms with E-state index in [2.05, 4.69) is 10.4 Å². The van der Waals surface area contributed by atoms with E-state index in [1.54, 1.807) is 24.3 Å². The van der Waals surface area contributed by atoms with Gasteiger partial charge in [0.25, 0.3) is 5.56 Å². The summed E-state index contributed by atoms with van der Waals surface area (Å²) < 4.78 is 1.30. The molecule has 3 rings (SSSR count). The van der Waals surface area contributed by atoms with Crippen molar-refractivity contribution in [2.24, 2.45) is 0 Å². The second kappa shape index (κ2) is 6.44. The first-order valence-electron chi connectivity index (χ1n) is 7.55. The summed E-state index contributed by atoms with van der Waals surface area (Å²) in [5.41, 5.74) is 0.683. The van der Waals surface area contributed by atoms with Gasteiger partial charge in [0.15, 0.2) is 0 Å². The average molecular weight is 317 g/mol. The van der Waals surface area contributed by atoms with E-state index in [0.717, 1.165) is 25.0 Å². The van der Waals surface area contributed by atoms with Crippen molar-refractivity contribution in [2.75, 3.05) is 6.54 Å². The summed E-state index contributed by atoms with van der Waals surface area (Å²) in [7, 11) is 0. The lowest BCUT2D eigenvalue weighted by Gasteiger charge is -2.14. The monoisotopic (exact) mass is 317 g/mol. The first-order valence-corrected chi connectivity index (χ1v) is 8.43. The number of rotatable bonds is 6. The van der Waals surface area contributed by atoms with Crippen LogP contribution in [0.5, 0.6) is 0 Å². The Morgan fingerprint density at radius 2 is 2.27 bits per heavy atom. The smallest absolute Gasteiger partial charge is 0.267 e. The zero-order chi connectivity index (χ0) is 15.5. The van der Waals surface area contributed by atoms with Gasteiger partial charge in [-0.3, -0.25) is 9.59 Å². The van der Waals surface area contributed by atoms with Crippen molar-refractivity contribution in [1.29, 1.82) is 0 Å². The fraction of sp³-hybridized carbons (Fsp3) is 0.438. The standard InChI is InChI=1S/C16H19N3O2S/c1-11(16(21)17-9-8-13-3-2-10-22-13)19-15(20)7-6-14(18-19)12-4-5-12/h2-3,6-7,10-12H,4-5,8-9H2,1H3,(H,17,21)/t11-/m0/s1. The van der Waals surface area contributed by atoms with Crippen molar-refractivity contribution < 1.29 is 4.79 Å². The highest BCUT2D eigenvalue weighted by molar-refractivity contribution is 7.09. The van der Waals surface area contributed by atoms with Gasteiger partial charge in [-0.15, -0.1) is 11.3 Å². The van der Waals surface area contributed by atoms with Crippen LogP contribution in [0, 0.1) is 0 Å². The maximum Gasteiger partial charge on any atom is 0.267 e. The van der Waals surface area contributed by atoms with Crippen LogP contribution in [0.2, 0.25) is 0 Å². The van der Waals surface area contributed by atoms with Gasteiger partial charge in [0.1, 0.15) is 6.04 Å². The Labute approximate surface area is 133 Å². The van der Waals surface area contributed by atoms with E-state index >= 15 is 0 Å². The van der Waals surface area contributed by atoms with E-state index in [4.69, 9.17) is 0 Å². The maximum absolute atomic E-state index is 12.2. The van der Waals surface area contributed by atoms with Crippen LogP contribution in [0.3, 0.4) is 0 Å². The summed E-state index contributed by atoms with van der Waals surface area (Å²) in [4.78, 5) is 25.4. The van der Waals surface area contributed by atoms with Crippen molar-refractivity contribution in [3.63, 3.8) is 0 Å². The zero-order valence-electron chi connectivity index (χ0n) is 12.5. The fourth-order valence-electron chi connectivity index (χ4n) is 2.34. The van der Waals surface area contributed by atoms with Gasteiger partial charge in [-0.25, -0.2) is 4.68 Å². The van der Waals surface area contributed by atoms with Crippen LogP contribution in [0.1, 0.15) is 42.3 Å². The lowest BCUT2D eigenvalue weighted by molar-refractivity contribution is -0.124. The molecule has 0 aliphatic heterocycles. The number of thiophene rings is 1. The maximum atomic E-state index is 12.2. The van der Waals surface area contributed by atoms with Gasteiger partial charge in [-0.1, -0.05) is 6.07 Å². The van der Waals surface area contributed by atoms with Gasteiger partial charge in [-0.2, -0.15) is 5.10 Å². The van der Waals surface area contributed by atoms with Crippen molar-refractivity contribution >= 4 is 17.2 Å². The second-order valence-electron chi connectivity index (χ2n) is 5.61. The molecular formula is C16H19N3O2S. The van der Waals surface area contributed by atoms with Crippen LogP contribution in [0.15, 0.2) is 34.4 Å². The number of nitrogens with one attached hydrogen (secondary N) is 1. The Kier molecular flexibility index (Phi) is 4.38. The van der Waals surface area contributed by atoms with Crippen LogP contribution in [-0.4, -0.2) is 22.2 Å². The molecule has 5 nitrogen and oxygen atoms in total. The van der Waals surface area contributed by atoms with Crippen LogP contribution in [-0.2, 0) is 11.2 Å². The summed E-state index contributed by atoms with van der Waals surface area (Å²) >= 11 is 1.68. The van der Waals surface area contributed by atoms with Crippen molar-refractivity contribution in [3.8, 4) is 0 Å². The molecule has 1 aliphatic carbocycles. The van der Waals surface area contributed by atoms with Gasteiger partial charge in [0.05, 0.1) is 5.69 Å². The molecule has 0 spiro atoms. The molecule has 0 unspecified atom stereocenters. The molecule has 0 saturated heterocycles. The molecular weight excluding hydrogens is 298 g/mol. The first-order chi connectivity index (χ1) is 10.6. The van der Waals surface area contributed by atoms with Gasteiger partial charge in [0, 0.05) is 23.4 Å². The second-order valence-corrected chi connectivity index (χ2v) is 6.64. The number of carbonyl (C=O) groups is 1. The fourth-order valence-corrected chi connectivity index (χ4v) is 3.05. The van der Waals surface area contributed by atoms with Crippen molar-refractivity contribution in [2.45, 2.75) is 38.1 Å². The van der Waals surface area contributed by atoms with Crippen molar-refractivity contribution in [1.82, 2.24) is 15.1 Å². The van der Waals surface area contributed by atoms with E-state index in [9.17, 15) is 9.59 Å². The SMILES string of the molecule is C[C@@H](C(=O)NCCc1cccs1)n1nc(C2CC2)ccc1=O. The quantitative estimate of drug-likeness (QED) is 0.887. The molecule has 0 aromatic carbocycles. The van der Waals surface area contributed by atoms with Crippen LogP contribution in [0.25, 0.3) is 0 Å². The van der Waals surface area contributed by atoms with Crippen LogP contribution >= 0.6 is 11.3 Å².